The smallest absolute Gasteiger partial charge is 0.115 e. The highest BCUT2D eigenvalue weighted by molar-refractivity contribution is 5.29. The van der Waals surface area contributed by atoms with Crippen molar-refractivity contribution in [2.75, 3.05) is 13.1 Å². The SMILES string of the molecule is c1ncc(-n2cncc2C2CNC2)cn1. The molecule has 1 saturated heterocycles. The second-order valence-electron chi connectivity index (χ2n) is 3.64. The Labute approximate surface area is 87.2 Å². The highest BCUT2D eigenvalue weighted by Gasteiger charge is 2.22. The topological polar surface area (TPSA) is 55.6 Å². The van der Waals surface area contributed by atoms with Crippen LogP contribution in [-0.4, -0.2) is 32.6 Å². The zero-order valence-corrected chi connectivity index (χ0v) is 8.17. The maximum Gasteiger partial charge on any atom is 0.115 e. The molecule has 3 heterocycles. The summed E-state index contributed by atoms with van der Waals surface area (Å²) in [6, 6.07) is 0. The molecule has 0 amide bonds. The molecule has 0 bridgehead atoms. The summed E-state index contributed by atoms with van der Waals surface area (Å²) >= 11 is 0. The molecular weight excluding hydrogens is 190 g/mol. The molecule has 15 heavy (non-hydrogen) atoms. The van der Waals surface area contributed by atoms with Gasteiger partial charge in [-0.3, -0.25) is 4.57 Å². The van der Waals surface area contributed by atoms with Crippen molar-refractivity contribution in [2.45, 2.75) is 5.92 Å². The Morgan fingerprint density at radius 1 is 1.13 bits per heavy atom. The van der Waals surface area contributed by atoms with Gasteiger partial charge in [0.2, 0.25) is 0 Å². The van der Waals surface area contributed by atoms with Crippen molar-refractivity contribution >= 4 is 0 Å². The van der Waals surface area contributed by atoms with Crippen molar-refractivity contribution in [3.05, 3.63) is 36.9 Å². The van der Waals surface area contributed by atoms with E-state index in [0.717, 1.165) is 18.8 Å². The van der Waals surface area contributed by atoms with E-state index >= 15 is 0 Å². The van der Waals surface area contributed by atoms with E-state index in [-0.39, 0.29) is 0 Å². The highest BCUT2D eigenvalue weighted by Crippen LogP contribution is 2.21. The Morgan fingerprint density at radius 3 is 2.60 bits per heavy atom. The zero-order valence-electron chi connectivity index (χ0n) is 8.17. The van der Waals surface area contributed by atoms with Crippen molar-refractivity contribution in [3.63, 3.8) is 0 Å². The Balaban J connectivity index is 2.01. The maximum atomic E-state index is 4.18. The van der Waals surface area contributed by atoms with E-state index in [1.165, 1.54) is 12.0 Å². The van der Waals surface area contributed by atoms with Crippen molar-refractivity contribution in [3.8, 4) is 5.69 Å². The maximum absolute atomic E-state index is 4.18. The summed E-state index contributed by atoms with van der Waals surface area (Å²) in [5.74, 6) is 0.563. The number of nitrogens with zero attached hydrogens (tertiary/aromatic N) is 4. The molecule has 5 nitrogen and oxygen atoms in total. The first kappa shape index (κ1) is 8.55. The summed E-state index contributed by atoms with van der Waals surface area (Å²) in [5.41, 5.74) is 2.19. The first-order valence-corrected chi connectivity index (χ1v) is 4.93. The van der Waals surface area contributed by atoms with Crippen LogP contribution in [-0.2, 0) is 0 Å². The van der Waals surface area contributed by atoms with Crippen molar-refractivity contribution in [2.24, 2.45) is 0 Å². The van der Waals surface area contributed by atoms with Crippen molar-refractivity contribution < 1.29 is 0 Å². The standard InChI is InChI=1S/C10H11N5/c1-8(2-11-1)10-5-14-7-15(10)9-3-12-6-13-4-9/h3-8,11H,1-2H2. The van der Waals surface area contributed by atoms with Gasteiger partial charge in [0.25, 0.3) is 0 Å². The van der Waals surface area contributed by atoms with Crippen LogP contribution in [0.4, 0.5) is 0 Å². The molecule has 76 valence electrons. The first-order valence-electron chi connectivity index (χ1n) is 4.93. The molecule has 0 aromatic carbocycles. The molecule has 0 spiro atoms. The van der Waals surface area contributed by atoms with Gasteiger partial charge < -0.3 is 5.32 Å². The highest BCUT2D eigenvalue weighted by atomic mass is 15.1. The average Bonchev–Trinajstić information content (AvgIpc) is 2.65. The lowest BCUT2D eigenvalue weighted by Crippen LogP contribution is -2.40. The van der Waals surface area contributed by atoms with Crippen molar-refractivity contribution in [1.82, 2.24) is 24.8 Å². The summed E-state index contributed by atoms with van der Waals surface area (Å²) in [5, 5.41) is 3.26. The van der Waals surface area contributed by atoms with Crippen LogP contribution in [0.3, 0.4) is 0 Å². The van der Waals surface area contributed by atoms with Crippen LogP contribution in [0.15, 0.2) is 31.2 Å². The lowest BCUT2D eigenvalue weighted by molar-refractivity contribution is 0.435. The minimum absolute atomic E-state index is 0.563. The van der Waals surface area contributed by atoms with Gasteiger partial charge >= 0.3 is 0 Å². The van der Waals surface area contributed by atoms with Crippen LogP contribution in [0.5, 0.6) is 0 Å². The predicted octanol–water partition coefficient (Wildman–Crippen LogP) is 0.349. The molecule has 1 aliphatic heterocycles. The van der Waals surface area contributed by atoms with Crippen LogP contribution < -0.4 is 5.32 Å². The minimum Gasteiger partial charge on any atom is -0.315 e. The van der Waals surface area contributed by atoms with Gasteiger partial charge in [0.15, 0.2) is 0 Å². The van der Waals surface area contributed by atoms with Crippen molar-refractivity contribution in [1.29, 1.82) is 0 Å². The number of imidazole rings is 1. The fourth-order valence-corrected chi connectivity index (χ4v) is 1.74. The third-order valence-corrected chi connectivity index (χ3v) is 2.69. The Morgan fingerprint density at radius 2 is 1.93 bits per heavy atom. The third-order valence-electron chi connectivity index (χ3n) is 2.69. The molecule has 0 aliphatic carbocycles. The second kappa shape index (κ2) is 3.43. The van der Waals surface area contributed by atoms with Gasteiger partial charge in [0, 0.05) is 30.9 Å². The summed E-state index contributed by atoms with van der Waals surface area (Å²) in [7, 11) is 0. The van der Waals surface area contributed by atoms with E-state index in [1.807, 2.05) is 17.1 Å². The summed E-state index contributed by atoms with van der Waals surface area (Å²) < 4.78 is 2.05. The number of hydrogen-bond donors (Lipinski definition) is 1. The van der Waals surface area contributed by atoms with E-state index in [1.54, 1.807) is 12.4 Å². The summed E-state index contributed by atoms with van der Waals surface area (Å²) in [6.07, 6.45) is 8.85. The molecule has 3 rings (SSSR count). The van der Waals surface area contributed by atoms with E-state index in [0.29, 0.717) is 5.92 Å². The van der Waals surface area contributed by atoms with Gasteiger partial charge in [-0.05, 0) is 0 Å². The molecule has 2 aromatic rings. The Hall–Kier alpha value is -1.75. The lowest BCUT2D eigenvalue weighted by atomic mass is 10.00. The third kappa shape index (κ3) is 1.41. The molecule has 0 unspecified atom stereocenters. The molecule has 0 saturated carbocycles. The number of aromatic nitrogens is 4. The first-order chi connectivity index (χ1) is 7.45. The van der Waals surface area contributed by atoms with Gasteiger partial charge in [0.05, 0.1) is 24.4 Å². The Bertz CT molecular complexity index is 446. The van der Waals surface area contributed by atoms with Gasteiger partial charge in [-0.25, -0.2) is 15.0 Å². The van der Waals surface area contributed by atoms with Crippen LogP contribution in [0.25, 0.3) is 5.69 Å². The molecule has 5 heteroatoms. The summed E-state index contributed by atoms with van der Waals surface area (Å²) in [4.78, 5) is 12.2. The monoisotopic (exact) mass is 201 g/mol. The summed E-state index contributed by atoms with van der Waals surface area (Å²) in [6.45, 7) is 2.05. The molecule has 1 aliphatic rings. The van der Waals surface area contributed by atoms with Gasteiger partial charge in [0.1, 0.15) is 6.33 Å². The zero-order chi connectivity index (χ0) is 10.1. The molecule has 0 radical (unpaired) electrons. The van der Waals surface area contributed by atoms with E-state index in [9.17, 15) is 0 Å². The number of rotatable bonds is 2. The van der Waals surface area contributed by atoms with Gasteiger partial charge in [-0.2, -0.15) is 0 Å². The van der Waals surface area contributed by atoms with Crippen LogP contribution >= 0.6 is 0 Å². The fraction of sp³-hybridized carbons (Fsp3) is 0.300. The average molecular weight is 201 g/mol. The largest absolute Gasteiger partial charge is 0.315 e. The van der Waals surface area contributed by atoms with Gasteiger partial charge in [-0.1, -0.05) is 0 Å². The van der Waals surface area contributed by atoms with Gasteiger partial charge in [-0.15, -0.1) is 0 Å². The second-order valence-corrected chi connectivity index (χ2v) is 3.64. The molecule has 1 N–H and O–H groups in total. The number of hydrogen-bond acceptors (Lipinski definition) is 4. The van der Waals surface area contributed by atoms with E-state index in [2.05, 4.69) is 20.3 Å². The fourth-order valence-electron chi connectivity index (χ4n) is 1.74. The molecule has 0 atom stereocenters. The molecule has 2 aromatic heterocycles. The molecule has 1 fully saturated rings. The van der Waals surface area contributed by atoms with E-state index < -0.39 is 0 Å². The lowest BCUT2D eigenvalue weighted by Gasteiger charge is -2.27. The molecular formula is C10H11N5. The van der Waals surface area contributed by atoms with Crippen LogP contribution in [0.2, 0.25) is 0 Å². The minimum atomic E-state index is 0.563. The predicted molar refractivity (Wildman–Crippen MR) is 54.8 cm³/mol. The Kier molecular flexibility index (Phi) is 1.96. The normalized spacial score (nSPS) is 16.3. The quantitative estimate of drug-likeness (QED) is 0.761. The van der Waals surface area contributed by atoms with Crippen LogP contribution in [0, 0.1) is 0 Å². The van der Waals surface area contributed by atoms with E-state index in [4.69, 9.17) is 0 Å². The number of nitrogens with one attached hydrogen (secondary N) is 1. The van der Waals surface area contributed by atoms with Crippen LogP contribution in [0.1, 0.15) is 11.6 Å².